The van der Waals surface area contributed by atoms with Crippen LogP contribution in [0.5, 0.6) is 0 Å². The summed E-state index contributed by atoms with van der Waals surface area (Å²) >= 11 is 0. The molecule has 12 atom stereocenters. The molecule has 3 heterocycles. The van der Waals surface area contributed by atoms with Gasteiger partial charge in [-0.1, -0.05) is 93.0 Å². The fourth-order valence-electron chi connectivity index (χ4n) is 9.13. The van der Waals surface area contributed by atoms with Gasteiger partial charge in [-0.25, -0.2) is 9.59 Å². The number of rotatable bonds is 14. The fourth-order valence-corrected chi connectivity index (χ4v) is 10.4. The van der Waals surface area contributed by atoms with Crippen molar-refractivity contribution in [2.24, 2.45) is 5.11 Å². The van der Waals surface area contributed by atoms with Crippen molar-refractivity contribution in [1.82, 2.24) is 10.6 Å². The molecule has 358 valence electrons. The molecule has 3 aliphatic heterocycles. The van der Waals surface area contributed by atoms with Gasteiger partial charge in [-0.05, 0) is 67.9 Å². The van der Waals surface area contributed by atoms with E-state index in [1.165, 1.54) is 14.2 Å². The van der Waals surface area contributed by atoms with Crippen LogP contribution in [-0.2, 0) is 65.0 Å². The molecule has 65 heavy (non-hydrogen) atoms. The molecule has 2 aliphatic carbocycles. The molecule has 2 amide bonds. The summed E-state index contributed by atoms with van der Waals surface area (Å²) in [5.41, 5.74) is 11.2. The number of azide groups is 1. The first-order valence-corrected chi connectivity index (χ1v) is 25.6. The average molecular weight is 926 g/mol. The molecule has 7 rings (SSSR count). The molecule has 1 spiro atoms. The van der Waals surface area contributed by atoms with E-state index in [2.05, 4.69) is 54.5 Å². The average Bonchev–Trinajstić information content (AvgIpc) is 3.65. The third-order valence-electron chi connectivity index (χ3n) is 14.1. The van der Waals surface area contributed by atoms with Gasteiger partial charge in [0.2, 0.25) is 11.6 Å². The number of ether oxygens (including phenoxy) is 10. The van der Waals surface area contributed by atoms with E-state index in [4.69, 9.17) is 51.8 Å². The lowest BCUT2D eigenvalue weighted by atomic mass is 9.83. The Bertz CT molecular complexity index is 1970. The zero-order valence-electron chi connectivity index (χ0n) is 39.1. The summed E-state index contributed by atoms with van der Waals surface area (Å²) in [6.07, 6.45) is -4.63. The van der Waals surface area contributed by atoms with Crippen LogP contribution in [-0.4, -0.2) is 120 Å². The Morgan fingerprint density at radius 1 is 0.769 bits per heavy atom. The smallest absolute Gasteiger partial charge is 0.407 e. The number of nitrogens with zero attached hydrogens (tertiary/aromatic N) is 3. The number of alkyl carbamates (subject to hydrolysis) is 2. The number of fused-ring (bicyclic) bond motifs is 2. The predicted octanol–water partition coefficient (Wildman–Crippen LogP) is 7.74. The molecule has 18 nitrogen and oxygen atoms in total. The molecule has 5 aliphatic rings. The van der Waals surface area contributed by atoms with Crippen molar-refractivity contribution in [1.29, 1.82) is 0 Å². The van der Waals surface area contributed by atoms with Gasteiger partial charge in [0.15, 0.2) is 20.4 Å². The molecule has 0 unspecified atom stereocenters. The second kappa shape index (κ2) is 20.2. The van der Waals surface area contributed by atoms with Crippen molar-refractivity contribution >= 4 is 20.5 Å². The van der Waals surface area contributed by atoms with Gasteiger partial charge < -0.3 is 62.4 Å². The molecular weight excluding hydrogens is 859 g/mol. The predicted molar refractivity (Wildman–Crippen MR) is 237 cm³/mol. The van der Waals surface area contributed by atoms with Crippen molar-refractivity contribution in [3.63, 3.8) is 0 Å². The normalized spacial score (nSPS) is 34.4. The maximum absolute atomic E-state index is 13.9. The van der Waals surface area contributed by atoms with E-state index in [0.29, 0.717) is 12.8 Å². The van der Waals surface area contributed by atoms with E-state index in [1.807, 2.05) is 60.7 Å². The first-order chi connectivity index (χ1) is 30.9. The van der Waals surface area contributed by atoms with Gasteiger partial charge in [-0.3, -0.25) is 0 Å². The Hall–Kier alpha value is -3.85. The van der Waals surface area contributed by atoms with Crippen LogP contribution in [0.4, 0.5) is 9.59 Å². The minimum atomic E-state index is -2.69. The molecule has 19 heteroatoms. The van der Waals surface area contributed by atoms with E-state index in [1.54, 1.807) is 13.8 Å². The van der Waals surface area contributed by atoms with E-state index >= 15 is 0 Å². The van der Waals surface area contributed by atoms with Gasteiger partial charge in [0.05, 0.1) is 24.7 Å². The van der Waals surface area contributed by atoms with Crippen molar-refractivity contribution < 1.29 is 61.4 Å². The van der Waals surface area contributed by atoms with Gasteiger partial charge >= 0.3 is 12.2 Å². The van der Waals surface area contributed by atoms with Crippen LogP contribution in [0.1, 0.15) is 84.3 Å². The summed E-state index contributed by atoms with van der Waals surface area (Å²) in [4.78, 5) is 30.5. The zero-order valence-corrected chi connectivity index (χ0v) is 40.1. The maximum Gasteiger partial charge on any atom is 0.407 e. The van der Waals surface area contributed by atoms with Crippen molar-refractivity contribution in [2.75, 3.05) is 20.8 Å². The molecular formula is C46H67N5O13Si. The molecule has 0 bridgehead atoms. The number of hydrogen-bond donors (Lipinski definition) is 2. The fraction of sp³-hybridized carbons (Fsp3) is 0.696. The van der Waals surface area contributed by atoms with Gasteiger partial charge in [0.25, 0.3) is 0 Å². The van der Waals surface area contributed by atoms with E-state index < -0.39 is 99.0 Å². The third-order valence-corrected chi connectivity index (χ3v) is 18.5. The molecule has 2 aromatic rings. The third kappa shape index (κ3) is 10.8. The number of nitrogens with one attached hydrogen (secondary N) is 2. The van der Waals surface area contributed by atoms with Gasteiger partial charge in [0, 0.05) is 32.0 Å². The summed E-state index contributed by atoms with van der Waals surface area (Å²) in [5.74, 6) is -3.83. The highest BCUT2D eigenvalue weighted by Gasteiger charge is 2.65. The number of carbonyl (C=O) groups excluding carboxylic acids is 2. The molecule has 2 aromatic carbocycles. The molecule has 5 fully saturated rings. The number of benzene rings is 2. The minimum absolute atomic E-state index is 0.0154. The van der Waals surface area contributed by atoms with E-state index in [0.717, 1.165) is 30.4 Å². The lowest BCUT2D eigenvalue weighted by Crippen LogP contribution is -2.75. The van der Waals surface area contributed by atoms with Crippen molar-refractivity contribution in [3.05, 3.63) is 82.2 Å². The van der Waals surface area contributed by atoms with Gasteiger partial charge in [0.1, 0.15) is 49.8 Å². The van der Waals surface area contributed by atoms with Crippen LogP contribution in [0.15, 0.2) is 65.8 Å². The van der Waals surface area contributed by atoms with Crippen LogP contribution < -0.4 is 10.6 Å². The molecule has 2 N–H and O–H groups in total. The first kappa shape index (κ1) is 49.1. The summed E-state index contributed by atoms with van der Waals surface area (Å²) in [7, 11) is 0.312. The quantitative estimate of drug-likeness (QED) is 0.0805. The SMILES string of the molecule is CO[C@@]1(C)O[C@@H]2[C@H](O[Si](C)(C)C(C)(C)C)[C@@H](O[C@H]3[C@@H]4OC5(CCCCC5)O[C@H]4[C@H](NC(=O)OCc4ccccc4)C[C@@H]3NC(=O)OCc3ccccc3)O[C@H](CN=[N+]=[N-])[C@H]2O[C@]1(C)OC. The summed E-state index contributed by atoms with van der Waals surface area (Å²) in [6, 6.07) is 17.2. The second-order valence-electron chi connectivity index (χ2n) is 19.4. The Labute approximate surface area is 382 Å². The monoisotopic (exact) mass is 925 g/mol. The number of hydrogen-bond acceptors (Lipinski definition) is 14. The van der Waals surface area contributed by atoms with E-state index in [9.17, 15) is 15.1 Å². The van der Waals surface area contributed by atoms with E-state index in [-0.39, 0.29) is 31.2 Å². The van der Waals surface area contributed by atoms with Gasteiger partial charge in [-0.2, -0.15) is 0 Å². The highest BCUT2D eigenvalue weighted by molar-refractivity contribution is 6.74. The largest absolute Gasteiger partial charge is 0.445 e. The first-order valence-electron chi connectivity index (χ1n) is 22.7. The Kier molecular flexibility index (Phi) is 15.2. The molecule has 0 aromatic heterocycles. The highest BCUT2D eigenvalue weighted by Crippen LogP contribution is 2.49. The van der Waals surface area contributed by atoms with Crippen molar-refractivity contribution in [2.45, 2.75) is 183 Å². The summed E-state index contributed by atoms with van der Waals surface area (Å²) < 4.78 is 72.3. The summed E-state index contributed by atoms with van der Waals surface area (Å²) in [6.45, 7) is 13.9. The van der Waals surface area contributed by atoms with Gasteiger partial charge in [-0.15, -0.1) is 0 Å². The number of carbonyl (C=O) groups is 2. The summed E-state index contributed by atoms with van der Waals surface area (Å²) in [5, 5.41) is 9.74. The molecule has 3 saturated heterocycles. The Morgan fingerprint density at radius 3 is 1.83 bits per heavy atom. The number of methoxy groups -OCH3 is 2. The van der Waals surface area contributed by atoms with Crippen LogP contribution in [0.2, 0.25) is 18.1 Å². The van der Waals surface area contributed by atoms with Crippen LogP contribution in [0, 0.1) is 0 Å². The highest BCUT2D eigenvalue weighted by atomic mass is 28.4. The Balaban J connectivity index is 1.26. The van der Waals surface area contributed by atoms with Crippen molar-refractivity contribution in [3.8, 4) is 0 Å². The standard InChI is InChI=1S/C46H67N5O13Si/c1-43(2,3)65(8,9)64-39-38-36(60-44(4,54-6)45(5,55-7)61-38)33(26-48-51-47)58-40(39)59-34-31(49-41(52)56-27-29-19-13-10-14-20-29)25-32(50-42(53)57-28-30-21-15-11-16-22-30)35-37(34)63-46(62-35)23-17-12-18-24-46/h10-11,13-16,19-22,31-40H,12,17-18,23-28H2,1-9H3,(H,49,52)(H,50,53)/t31-,32+,33+,34+,35-,36+,37-,38-,39-,40+,44-,45-/m0/s1. The Morgan fingerprint density at radius 2 is 1.29 bits per heavy atom. The second-order valence-corrected chi connectivity index (χ2v) is 24.1. The lowest BCUT2D eigenvalue weighted by Gasteiger charge is -2.58. The lowest BCUT2D eigenvalue weighted by molar-refractivity contribution is -0.478. The van der Waals surface area contributed by atoms with Crippen LogP contribution in [0.25, 0.3) is 10.4 Å². The molecule has 2 saturated carbocycles. The minimum Gasteiger partial charge on any atom is -0.445 e. The van der Waals surface area contributed by atoms with Crippen LogP contribution >= 0.6 is 0 Å². The van der Waals surface area contributed by atoms with Crippen LogP contribution in [0.3, 0.4) is 0 Å². The molecule has 0 radical (unpaired) electrons. The maximum atomic E-state index is 13.9. The number of amides is 2. The topological polar surface area (TPSA) is 208 Å². The zero-order chi connectivity index (χ0) is 46.6.